The summed E-state index contributed by atoms with van der Waals surface area (Å²) in [5.41, 5.74) is 2.39. The molecule has 22 heavy (non-hydrogen) atoms. The van der Waals surface area contributed by atoms with Gasteiger partial charge in [-0.3, -0.25) is 0 Å². The lowest BCUT2D eigenvalue weighted by atomic mass is 10.2. The zero-order valence-corrected chi connectivity index (χ0v) is 14.4. The van der Waals surface area contributed by atoms with Crippen LogP contribution in [0.2, 0.25) is 0 Å². The van der Waals surface area contributed by atoms with Gasteiger partial charge in [-0.25, -0.2) is 5.01 Å². The number of unbranched alkanes of at least 4 members (excludes halogenated alkanes) is 1. The van der Waals surface area contributed by atoms with Crippen LogP contribution in [0.4, 0.5) is 5.69 Å². The first-order chi connectivity index (χ1) is 10.7. The summed E-state index contributed by atoms with van der Waals surface area (Å²) in [6, 6.07) is 8.56. The van der Waals surface area contributed by atoms with Crippen molar-refractivity contribution < 1.29 is 0 Å². The van der Waals surface area contributed by atoms with Crippen molar-refractivity contribution >= 4 is 29.2 Å². The van der Waals surface area contributed by atoms with Crippen molar-refractivity contribution in [2.75, 3.05) is 31.6 Å². The van der Waals surface area contributed by atoms with Crippen LogP contribution in [0.5, 0.6) is 0 Å². The average Bonchev–Trinajstić information content (AvgIpc) is 3.07. The number of benzene rings is 1. The highest BCUT2D eigenvalue weighted by Crippen LogP contribution is 2.19. The highest BCUT2D eigenvalue weighted by Gasteiger charge is 2.11. The molecule has 0 aromatic heterocycles. The molecule has 1 saturated heterocycles. The maximum atomic E-state index is 5.29. The average molecular weight is 318 g/mol. The van der Waals surface area contributed by atoms with Gasteiger partial charge in [-0.2, -0.15) is 5.10 Å². The summed E-state index contributed by atoms with van der Waals surface area (Å²) in [5.74, 6) is 0. The number of anilines is 1. The van der Waals surface area contributed by atoms with Crippen molar-refractivity contribution in [1.29, 1.82) is 0 Å². The fourth-order valence-corrected chi connectivity index (χ4v) is 2.59. The Hall–Kier alpha value is -1.62. The van der Waals surface area contributed by atoms with E-state index in [1.165, 1.54) is 31.6 Å². The van der Waals surface area contributed by atoms with Crippen LogP contribution in [-0.2, 0) is 0 Å². The molecule has 120 valence electrons. The van der Waals surface area contributed by atoms with Crippen molar-refractivity contribution in [3.05, 3.63) is 29.8 Å². The number of rotatable bonds is 6. The monoisotopic (exact) mass is 318 g/mol. The largest absolute Gasteiger partial charge is 0.372 e. The summed E-state index contributed by atoms with van der Waals surface area (Å²) >= 11 is 5.29. The minimum atomic E-state index is 0.665. The Labute approximate surface area is 139 Å². The van der Waals surface area contributed by atoms with Gasteiger partial charge in [0.05, 0.1) is 6.21 Å². The van der Waals surface area contributed by atoms with Gasteiger partial charge < -0.3 is 10.2 Å². The van der Waals surface area contributed by atoms with Crippen LogP contribution in [0.25, 0.3) is 0 Å². The highest BCUT2D eigenvalue weighted by atomic mass is 32.1. The van der Waals surface area contributed by atoms with Crippen LogP contribution in [0, 0.1) is 0 Å². The van der Waals surface area contributed by atoms with Crippen LogP contribution < -0.4 is 10.2 Å². The predicted octanol–water partition coefficient (Wildman–Crippen LogP) is 3.23. The van der Waals surface area contributed by atoms with Gasteiger partial charge in [0.25, 0.3) is 0 Å². The second-order valence-corrected chi connectivity index (χ2v) is 6.03. The Balaban J connectivity index is 1.85. The molecule has 0 unspecified atom stereocenters. The first-order valence-electron chi connectivity index (χ1n) is 8.11. The summed E-state index contributed by atoms with van der Waals surface area (Å²) in [6.45, 7) is 5.42. The number of nitrogens with one attached hydrogen (secondary N) is 1. The molecule has 0 aliphatic carbocycles. The molecular formula is C17H26N4S. The lowest BCUT2D eigenvalue weighted by Crippen LogP contribution is -2.34. The fourth-order valence-electron chi connectivity index (χ4n) is 2.44. The van der Waals surface area contributed by atoms with Crippen LogP contribution in [0.15, 0.2) is 29.4 Å². The molecule has 1 aromatic carbocycles. The SMILES string of the molecule is CCCCNC(=S)N(C)/N=C\c1ccc(N2CCCC2)cc1. The third-order valence-electron chi connectivity index (χ3n) is 3.84. The normalized spacial score (nSPS) is 14.5. The third kappa shape index (κ3) is 4.98. The third-order valence-corrected chi connectivity index (χ3v) is 4.25. The molecular weight excluding hydrogens is 292 g/mol. The van der Waals surface area contributed by atoms with Gasteiger partial charge in [0.15, 0.2) is 5.11 Å². The molecule has 1 aromatic rings. The van der Waals surface area contributed by atoms with Crippen molar-refractivity contribution in [3.63, 3.8) is 0 Å². The van der Waals surface area contributed by atoms with Gasteiger partial charge in [0.2, 0.25) is 0 Å². The Morgan fingerprint density at radius 2 is 2.00 bits per heavy atom. The number of hydrazone groups is 1. The summed E-state index contributed by atoms with van der Waals surface area (Å²) in [7, 11) is 1.87. The maximum absolute atomic E-state index is 5.29. The van der Waals surface area contributed by atoms with E-state index in [4.69, 9.17) is 12.2 Å². The first kappa shape index (κ1) is 16.7. The van der Waals surface area contributed by atoms with Crippen LogP contribution in [-0.4, -0.2) is 43.0 Å². The van der Waals surface area contributed by atoms with E-state index in [-0.39, 0.29) is 0 Å². The Morgan fingerprint density at radius 1 is 1.32 bits per heavy atom. The van der Waals surface area contributed by atoms with Gasteiger partial charge >= 0.3 is 0 Å². The second-order valence-electron chi connectivity index (χ2n) is 5.64. The minimum Gasteiger partial charge on any atom is -0.372 e. The lowest BCUT2D eigenvalue weighted by molar-refractivity contribution is 0.530. The quantitative estimate of drug-likeness (QED) is 0.378. The molecule has 1 fully saturated rings. The van der Waals surface area contributed by atoms with Gasteiger partial charge in [-0.05, 0) is 49.2 Å². The van der Waals surface area contributed by atoms with E-state index < -0.39 is 0 Å². The smallest absolute Gasteiger partial charge is 0.189 e. The Kier molecular flexibility index (Phi) is 6.65. The predicted molar refractivity (Wildman–Crippen MR) is 98.8 cm³/mol. The van der Waals surface area contributed by atoms with E-state index >= 15 is 0 Å². The molecule has 1 aliphatic rings. The highest BCUT2D eigenvalue weighted by molar-refractivity contribution is 7.80. The second kappa shape index (κ2) is 8.73. The molecule has 4 nitrogen and oxygen atoms in total. The molecule has 5 heteroatoms. The number of thiocarbonyl (C=S) groups is 1. The van der Waals surface area contributed by atoms with Crippen LogP contribution in [0.3, 0.4) is 0 Å². The molecule has 1 aliphatic heterocycles. The topological polar surface area (TPSA) is 30.9 Å². The number of hydrogen-bond acceptors (Lipinski definition) is 3. The molecule has 0 bridgehead atoms. The molecule has 0 radical (unpaired) electrons. The van der Waals surface area contributed by atoms with Crippen molar-refractivity contribution in [2.24, 2.45) is 5.10 Å². The number of hydrogen-bond donors (Lipinski definition) is 1. The van der Waals surface area contributed by atoms with E-state index in [1.54, 1.807) is 5.01 Å². The summed E-state index contributed by atoms with van der Waals surface area (Å²) < 4.78 is 0. The summed E-state index contributed by atoms with van der Waals surface area (Å²) in [4.78, 5) is 2.43. The molecule has 0 spiro atoms. The molecule has 1 N–H and O–H groups in total. The minimum absolute atomic E-state index is 0.665. The standard InChI is InChI=1S/C17H26N4S/c1-3-4-11-18-17(22)20(2)19-14-15-7-9-16(10-8-15)21-12-5-6-13-21/h7-10,14H,3-6,11-13H2,1-2H3,(H,18,22)/b19-14-. The van der Waals surface area contributed by atoms with E-state index in [2.05, 4.69) is 46.5 Å². The van der Waals surface area contributed by atoms with Gasteiger partial charge in [-0.15, -0.1) is 0 Å². The molecule has 0 amide bonds. The van der Waals surface area contributed by atoms with E-state index in [0.717, 1.165) is 24.9 Å². The first-order valence-corrected chi connectivity index (χ1v) is 8.52. The Morgan fingerprint density at radius 3 is 2.64 bits per heavy atom. The maximum Gasteiger partial charge on any atom is 0.189 e. The van der Waals surface area contributed by atoms with Crippen molar-refractivity contribution in [2.45, 2.75) is 32.6 Å². The number of nitrogens with zero attached hydrogens (tertiary/aromatic N) is 3. The van der Waals surface area contributed by atoms with E-state index in [1.807, 2.05) is 13.3 Å². The van der Waals surface area contributed by atoms with E-state index in [0.29, 0.717) is 5.11 Å². The molecule has 0 saturated carbocycles. The summed E-state index contributed by atoms with van der Waals surface area (Å²) in [5, 5.41) is 9.97. The lowest BCUT2D eigenvalue weighted by Gasteiger charge is -2.17. The molecule has 1 heterocycles. The van der Waals surface area contributed by atoms with Gasteiger partial charge in [0.1, 0.15) is 0 Å². The fraction of sp³-hybridized carbons (Fsp3) is 0.529. The van der Waals surface area contributed by atoms with Gasteiger partial charge in [0, 0.05) is 32.4 Å². The molecule has 0 atom stereocenters. The van der Waals surface area contributed by atoms with Gasteiger partial charge in [-0.1, -0.05) is 25.5 Å². The van der Waals surface area contributed by atoms with Crippen molar-refractivity contribution in [3.8, 4) is 0 Å². The zero-order valence-electron chi connectivity index (χ0n) is 13.6. The van der Waals surface area contributed by atoms with Crippen LogP contribution >= 0.6 is 12.2 Å². The molecule has 2 rings (SSSR count). The zero-order chi connectivity index (χ0) is 15.8. The van der Waals surface area contributed by atoms with E-state index in [9.17, 15) is 0 Å². The van der Waals surface area contributed by atoms with Crippen LogP contribution in [0.1, 0.15) is 38.2 Å². The summed E-state index contributed by atoms with van der Waals surface area (Å²) in [6.07, 6.45) is 6.73. The Bertz CT molecular complexity index is 492. The van der Waals surface area contributed by atoms with Crippen molar-refractivity contribution in [1.82, 2.24) is 10.3 Å².